The van der Waals surface area contributed by atoms with Crippen LogP contribution in [0.25, 0.3) is 10.2 Å². The van der Waals surface area contributed by atoms with Crippen LogP contribution in [0.1, 0.15) is 13.3 Å². The van der Waals surface area contributed by atoms with Crippen molar-refractivity contribution in [3.05, 3.63) is 12.1 Å². The minimum atomic E-state index is -0.800. The first-order chi connectivity index (χ1) is 9.65. The Morgan fingerprint density at radius 2 is 2.30 bits per heavy atom. The molecular weight excluding hydrogens is 278 g/mol. The van der Waals surface area contributed by atoms with Crippen molar-refractivity contribution in [2.24, 2.45) is 0 Å². The number of ether oxygens (including phenoxy) is 1. The number of nitrogens with one attached hydrogen (secondary N) is 1. The summed E-state index contributed by atoms with van der Waals surface area (Å²) in [6.07, 6.45) is 0.116. The summed E-state index contributed by atoms with van der Waals surface area (Å²) in [7, 11) is 0. The fourth-order valence-corrected chi connectivity index (χ4v) is 2.65. The van der Waals surface area contributed by atoms with Gasteiger partial charge in [-0.1, -0.05) is 18.3 Å². The van der Waals surface area contributed by atoms with Crippen molar-refractivity contribution in [3.63, 3.8) is 0 Å². The Morgan fingerprint density at radius 1 is 1.50 bits per heavy atom. The molecule has 1 unspecified atom stereocenters. The van der Waals surface area contributed by atoms with Gasteiger partial charge in [-0.05, 0) is 18.6 Å². The molecule has 110 valence electrons. The maximum atomic E-state index is 9.39. The maximum absolute atomic E-state index is 9.39. The average Bonchev–Trinajstić information content (AvgIpc) is 2.89. The molecular formula is C13H19N3O3S. The van der Waals surface area contributed by atoms with Gasteiger partial charge in [-0.15, -0.1) is 0 Å². The van der Waals surface area contributed by atoms with Gasteiger partial charge in [0.2, 0.25) is 0 Å². The predicted molar refractivity (Wildman–Crippen MR) is 81.4 cm³/mol. The van der Waals surface area contributed by atoms with Crippen molar-refractivity contribution in [1.82, 2.24) is 4.98 Å². The number of aromatic nitrogens is 1. The lowest BCUT2D eigenvalue weighted by Crippen LogP contribution is -2.22. The second-order valence-electron chi connectivity index (χ2n) is 4.43. The molecule has 0 saturated carbocycles. The summed E-state index contributed by atoms with van der Waals surface area (Å²) >= 11 is 1.42. The van der Waals surface area contributed by atoms with E-state index in [0.717, 1.165) is 16.8 Å². The first kappa shape index (κ1) is 14.8. The van der Waals surface area contributed by atoms with Gasteiger partial charge in [0.1, 0.15) is 5.52 Å². The number of anilines is 2. The smallest absolute Gasteiger partial charge is 0.274 e. The molecule has 1 atom stereocenters. The van der Waals surface area contributed by atoms with Crippen LogP contribution in [0.4, 0.5) is 11.4 Å². The van der Waals surface area contributed by atoms with E-state index in [9.17, 15) is 5.11 Å². The standard InChI is InChI=1S/C13H19N3O3S/c1-2-5-19-13-16-11-9(14)3-4-10(12(11)20-13)15-6-8(18)7-17/h3-4,8,15,17-18H,2,5-7,14H2,1H3. The molecule has 20 heavy (non-hydrogen) atoms. The van der Waals surface area contributed by atoms with E-state index in [0.29, 0.717) is 23.0 Å². The number of benzene rings is 1. The van der Waals surface area contributed by atoms with E-state index < -0.39 is 6.10 Å². The van der Waals surface area contributed by atoms with E-state index in [2.05, 4.69) is 10.3 Å². The van der Waals surface area contributed by atoms with Gasteiger partial charge in [0.05, 0.1) is 35.4 Å². The summed E-state index contributed by atoms with van der Waals surface area (Å²) in [6, 6.07) is 3.60. The fraction of sp³-hybridized carbons (Fsp3) is 0.462. The predicted octanol–water partition coefficient (Wildman–Crippen LogP) is 1.43. The first-order valence-electron chi connectivity index (χ1n) is 6.50. The topological polar surface area (TPSA) is 101 Å². The normalized spacial score (nSPS) is 12.6. The molecule has 0 saturated heterocycles. The summed E-state index contributed by atoms with van der Waals surface area (Å²) in [5, 5.41) is 21.9. The number of fused-ring (bicyclic) bond motifs is 1. The quantitative estimate of drug-likeness (QED) is 0.577. The number of nitrogens with zero attached hydrogens (tertiary/aromatic N) is 1. The number of hydrogen-bond donors (Lipinski definition) is 4. The Morgan fingerprint density at radius 3 is 3.00 bits per heavy atom. The Kier molecular flexibility index (Phi) is 4.99. The van der Waals surface area contributed by atoms with E-state index in [4.69, 9.17) is 15.6 Å². The van der Waals surface area contributed by atoms with Crippen molar-refractivity contribution >= 4 is 32.9 Å². The van der Waals surface area contributed by atoms with Crippen LogP contribution in [0, 0.1) is 0 Å². The molecule has 0 amide bonds. The molecule has 0 aliphatic carbocycles. The van der Waals surface area contributed by atoms with Crippen molar-refractivity contribution in [2.45, 2.75) is 19.4 Å². The zero-order chi connectivity index (χ0) is 14.5. The van der Waals surface area contributed by atoms with Crippen LogP contribution >= 0.6 is 11.3 Å². The van der Waals surface area contributed by atoms with Crippen molar-refractivity contribution < 1.29 is 14.9 Å². The molecule has 0 aliphatic rings. The first-order valence-corrected chi connectivity index (χ1v) is 7.32. The highest BCUT2D eigenvalue weighted by Gasteiger charge is 2.12. The Labute approximate surface area is 121 Å². The number of rotatable bonds is 7. The average molecular weight is 297 g/mol. The minimum absolute atomic E-state index is 0.262. The zero-order valence-corrected chi connectivity index (χ0v) is 12.1. The van der Waals surface area contributed by atoms with Gasteiger partial charge in [0, 0.05) is 6.54 Å². The Hall–Kier alpha value is -1.57. The summed E-state index contributed by atoms with van der Waals surface area (Å²) in [6.45, 7) is 2.63. The highest BCUT2D eigenvalue weighted by molar-refractivity contribution is 7.21. The van der Waals surface area contributed by atoms with E-state index in [1.165, 1.54) is 11.3 Å². The maximum Gasteiger partial charge on any atom is 0.274 e. The fourth-order valence-electron chi connectivity index (χ4n) is 1.69. The molecule has 0 spiro atoms. The van der Waals surface area contributed by atoms with Crippen molar-refractivity contribution in [1.29, 1.82) is 0 Å². The van der Waals surface area contributed by atoms with Crippen molar-refractivity contribution in [3.8, 4) is 5.19 Å². The third-order valence-electron chi connectivity index (χ3n) is 2.72. The van der Waals surface area contributed by atoms with Gasteiger partial charge >= 0.3 is 0 Å². The second-order valence-corrected chi connectivity index (χ2v) is 5.39. The van der Waals surface area contributed by atoms with Crippen LogP contribution in [0.5, 0.6) is 5.19 Å². The van der Waals surface area contributed by atoms with Crippen molar-refractivity contribution in [2.75, 3.05) is 30.8 Å². The van der Waals surface area contributed by atoms with Crippen LogP contribution in [-0.2, 0) is 0 Å². The summed E-state index contributed by atoms with van der Waals surface area (Å²) in [4.78, 5) is 4.38. The summed E-state index contributed by atoms with van der Waals surface area (Å²) < 4.78 is 6.42. The van der Waals surface area contributed by atoms with E-state index >= 15 is 0 Å². The molecule has 7 heteroatoms. The van der Waals surface area contributed by atoms with E-state index in [-0.39, 0.29) is 13.2 Å². The third kappa shape index (κ3) is 3.30. The van der Waals surface area contributed by atoms with Crippen LogP contribution in [0.3, 0.4) is 0 Å². The largest absolute Gasteiger partial charge is 0.470 e. The second kappa shape index (κ2) is 6.74. The van der Waals surface area contributed by atoms with Crippen LogP contribution in [0.2, 0.25) is 0 Å². The molecule has 2 aromatic rings. The minimum Gasteiger partial charge on any atom is -0.470 e. The van der Waals surface area contributed by atoms with E-state index in [1.807, 2.05) is 13.0 Å². The van der Waals surface area contributed by atoms with Gasteiger partial charge in [0.15, 0.2) is 0 Å². The number of aliphatic hydroxyl groups excluding tert-OH is 2. The summed E-state index contributed by atoms with van der Waals surface area (Å²) in [5.74, 6) is 0. The molecule has 2 rings (SSSR count). The van der Waals surface area contributed by atoms with Gasteiger partial charge in [-0.25, -0.2) is 4.98 Å². The highest BCUT2D eigenvalue weighted by atomic mass is 32.1. The van der Waals surface area contributed by atoms with Crippen LogP contribution < -0.4 is 15.8 Å². The SMILES string of the molecule is CCCOc1nc2c(N)ccc(NCC(O)CO)c2s1. The third-order valence-corrected chi connectivity index (χ3v) is 3.72. The molecule has 1 aromatic carbocycles. The van der Waals surface area contributed by atoms with Gasteiger partial charge in [-0.2, -0.15) is 0 Å². The Bertz CT molecular complexity index is 573. The number of nitrogens with two attached hydrogens (primary N) is 1. The van der Waals surface area contributed by atoms with Crippen LogP contribution in [-0.4, -0.2) is 41.1 Å². The number of hydrogen-bond acceptors (Lipinski definition) is 7. The monoisotopic (exact) mass is 297 g/mol. The molecule has 0 radical (unpaired) electrons. The molecule has 0 bridgehead atoms. The van der Waals surface area contributed by atoms with Gasteiger partial charge < -0.3 is 26.0 Å². The van der Waals surface area contributed by atoms with Crippen LogP contribution in [0.15, 0.2) is 12.1 Å². The van der Waals surface area contributed by atoms with Gasteiger partial charge in [-0.3, -0.25) is 0 Å². The highest BCUT2D eigenvalue weighted by Crippen LogP contribution is 2.36. The molecule has 0 fully saturated rings. The molecule has 6 nitrogen and oxygen atoms in total. The lowest BCUT2D eigenvalue weighted by Gasteiger charge is -2.11. The zero-order valence-electron chi connectivity index (χ0n) is 11.3. The van der Waals surface area contributed by atoms with Gasteiger partial charge in [0.25, 0.3) is 5.19 Å². The molecule has 1 aromatic heterocycles. The molecule has 5 N–H and O–H groups in total. The lowest BCUT2D eigenvalue weighted by molar-refractivity contribution is 0.105. The molecule has 0 aliphatic heterocycles. The Balaban J connectivity index is 2.25. The van der Waals surface area contributed by atoms with E-state index in [1.54, 1.807) is 6.07 Å². The number of thiazole rings is 1. The number of aliphatic hydroxyl groups is 2. The summed E-state index contributed by atoms with van der Waals surface area (Å²) in [5.41, 5.74) is 8.04. The lowest BCUT2D eigenvalue weighted by atomic mass is 10.2. The molecule has 1 heterocycles. The number of nitrogen functional groups attached to an aromatic ring is 1.